The number of piperidine rings is 1. The number of esters is 1. The highest BCUT2D eigenvalue weighted by Crippen LogP contribution is 2.24. The topological polar surface area (TPSA) is 77.3 Å². The lowest BCUT2D eigenvalue weighted by Crippen LogP contribution is -2.45. The van der Waals surface area contributed by atoms with E-state index in [4.69, 9.17) is 4.74 Å². The highest BCUT2D eigenvalue weighted by molar-refractivity contribution is 5.79. The molecular formula is C14H20N4O3. The van der Waals surface area contributed by atoms with E-state index in [2.05, 4.69) is 10.1 Å². The molecule has 1 saturated heterocycles. The fourth-order valence-corrected chi connectivity index (χ4v) is 3.20. The van der Waals surface area contributed by atoms with Crippen LogP contribution >= 0.6 is 0 Å². The molecule has 1 aromatic rings. The molecule has 7 heteroatoms. The Morgan fingerprint density at radius 2 is 2.00 bits per heavy atom. The summed E-state index contributed by atoms with van der Waals surface area (Å²) in [5.41, 5.74) is 0. The van der Waals surface area contributed by atoms with Crippen molar-refractivity contribution < 1.29 is 14.3 Å². The monoisotopic (exact) mass is 292 g/mol. The molecule has 114 valence electrons. The lowest BCUT2D eigenvalue weighted by molar-refractivity contribution is -0.149. The first-order valence-corrected chi connectivity index (χ1v) is 7.42. The average Bonchev–Trinajstić information content (AvgIpc) is 3.01. The summed E-state index contributed by atoms with van der Waals surface area (Å²) in [5, 5.41) is 4.15. The van der Waals surface area contributed by atoms with Gasteiger partial charge in [-0.3, -0.25) is 9.59 Å². The van der Waals surface area contributed by atoms with Gasteiger partial charge >= 0.3 is 5.97 Å². The van der Waals surface area contributed by atoms with Gasteiger partial charge < -0.3 is 9.64 Å². The van der Waals surface area contributed by atoms with Crippen LogP contribution in [0.2, 0.25) is 0 Å². The van der Waals surface area contributed by atoms with Gasteiger partial charge in [0.2, 0.25) is 5.91 Å². The van der Waals surface area contributed by atoms with Crippen molar-refractivity contribution in [1.29, 1.82) is 0 Å². The zero-order valence-corrected chi connectivity index (χ0v) is 12.2. The number of aryl methyl sites for hydroxylation is 1. The van der Waals surface area contributed by atoms with Crippen LogP contribution in [0.5, 0.6) is 0 Å². The molecule has 21 heavy (non-hydrogen) atoms. The van der Waals surface area contributed by atoms with E-state index in [1.807, 2.05) is 9.58 Å². The lowest BCUT2D eigenvalue weighted by Gasteiger charge is -2.34. The lowest BCUT2D eigenvalue weighted by atomic mass is 9.93. The normalized spacial score (nSPS) is 22.7. The molecule has 2 aliphatic rings. The van der Waals surface area contributed by atoms with Gasteiger partial charge in [-0.25, -0.2) is 9.67 Å². The Labute approximate surface area is 123 Å². The Morgan fingerprint density at radius 3 is 2.71 bits per heavy atom. The minimum Gasteiger partial charge on any atom is -0.469 e. The molecule has 0 aromatic carbocycles. The van der Waals surface area contributed by atoms with Crippen LogP contribution in [0.25, 0.3) is 0 Å². The number of aromatic nitrogens is 3. The van der Waals surface area contributed by atoms with Gasteiger partial charge in [-0.05, 0) is 19.3 Å². The second kappa shape index (κ2) is 5.83. The molecular weight excluding hydrogens is 272 g/mol. The Hall–Kier alpha value is -1.92. The largest absolute Gasteiger partial charge is 0.469 e. The molecule has 0 aliphatic carbocycles. The molecule has 0 radical (unpaired) electrons. The molecule has 1 atom stereocenters. The van der Waals surface area contributed by atoms with Crippen LogP contribution in [0.1, 0.15) is 25.1 Å². The third-order valence-electron chi connectivity index (χ3n) is 4.50. The van der Waals surface area contributed by atoms with E-state index in [9.17, 15) is 9.59 Å². The number of nitrogens with zero attached hydrogens (tertiary/aromatic N) is 4. The molecule has 1 amide bonds. The van der Waals surface area contributed by atoms with Crippen LogP contribution in [-0.4, -0.2) is 51.7 Å². The highest BCUT2D eigenvalue weighted by Gasteiger charge is 2.33. The molecule has 2 aliphatic heterocycles. The van der Waals surface area contributed by atoms with Crippen LogP contribution < -0.4 is 0 Å². The molecule has 0 N–H and O–H groups in total. The molecule has 3 rings (SSSR count). The zero-order valence-electron chi connectivity index (χ0n) is 12.2. The van der Waals surface area contributed by atoms with E-state index >= 15 is 0 Å². The summed E-state index contributed by atoms with van der Waals surface area (Å²) in [6, 6.07) is 0. The van der Waals surface area contributed by atoms with Gasteiger partial charge in [0.1, 0.15) is 12.2 Å². The van der Waals surface area contributed by atoms with Gasteiger partial charge in [0.15, 0.2) is 0 Å². The summed E-state index contributed by atoms with van der Waals surface area (Å²) < 4.78 is 6.60. The number of hydrogen-bond donors (Lipinski definition) is 0. The molecule has 7 nitrogen and oxygen atoms in total. The van der Waals surface area contributed by atoms with Crippen molar-refractivity contribution in [3.63, 3.8) is 0 Å². The van der Waals surface area contributed by atoms with Gasteiger partial charge in [0.05, 0.1) is 25.5 Å². The zero-order chi connectivity index (χ0) is 14.8. The van der Waals surface area contributed by atoms with Gasteiger partial charge in [-0.1, -0.05) is 0 Å². The summed E-state index contributed by atoms with van der Waals surface area (Å²) in [6.45, 7) is 1.89. The summed E-state index contributed by atoms with van der Waals surface area (Å²) in [6.07, 6.45) is 4.56. The number of carbonyl (C=O) groups is 2. The standard InChI is InChI=1S/C14H20N4O3/c1-21-14(20)10-4-6-17(7-5-10)13(19)11-2-3-12-15-9-16-18(12)8-11/h9-11H,2-8H2,1H3. The molecule has 1 aromatic heterocycles. The number of carbonyl (C=O) groups excluding carboxylic acids is 2. The number of rotatable bonds is 2. The molecule has 0 saturated carbocycles. The number of methoxy groups -OCH3 is 1. The van der Waals surface area contributed by atoms with E-state index in [1.165, 1.54) is 7.11 Å². The van der Waals surface area contributed by atoms with Crippen molar-refractivity contribution in [3.8, 4) is 0 Å². The summed E-state index contributed by atoms with van der Waals surface area (Å²) in [5.74, 6) is 0.899. The maximum Gasteiger partial charge on any atom is 0.308 e. The number of hydrogen-bond acceptors (Lipinski definition) is 5. The number of likely N-dealkylation sites (tertiary alicyclic amines) is 1. The third kappa shape index (κ3) is 2.77. The predicted octanol–water partition coefficient (Wildman–Crippen LogP) is 0.252. The maximum atomic E-state index is 12.6. The Kier molecular flexibility index (Phi) is 3.90. The third-order valence-corrected chi connectivity index (χ3v) is 4.50. The van der Waals surface area contributed by atoms with Crippen molar-refractivity contribution in [2.45, 2.75) is 32.2 Å². The van der Waals surface area contributed by atoms with Gasteiger partial charge in [0, 0.05) is 19.5 Å². The van der Waals surface area contributed by atoms with E-state index in [0.29, 0.717) is 32.5 Å². The van der Waals surface area contributed by atoms with Gasteiger partial charge in [-0.2, -0.15) is 5.10 Å². The quantitative estimate of drug-likeness (QED) is 0.730. The Morgan fingerprint density at radius 1 is 1.24 bits per heavy atom. The van der Waals surface area contributed by atoms with E-state index < -0.39 is 0 Å². The second-order valence-corrected chi connectivity index (χ2v) is 5.72. The van der Waals surface area contributed by atoms with Crippen LogP contribution in [0.3, 0.4) is 0 Å². The SMILES string of the molecule is COC(=O)C1CCN(C(=O)C2CCc3ncnn3C2)CC1. The van der Waals surface area contributed by atoms with Gasteiger partial charge in [-0.15, -0.1) is 0 Å². The summed E-state index contributed by atoms with van der Waals surface area (Å²) >= 11 is 0. The smallest absolute Gasteiger partial charge is 0.308 e. The fourth-order valence-electron chi connectivity index (χ4n) is 3.20. The summed E-state index contributed by atoms with van der Waals surface area (Å²) in [7, 11) is 1.41. The van der Waals surface area contributed by atoms with Crippen molar-refractivity contribution in [3.05, 3.63) is 12.2 Å². The number of fused-ring (bicyclic) bond motifs is 1. The molecule has 1 unspecified atom stereocenters. The van der Waals surface area contributed by atoms with E-state index in [1.54, 1.807) is 6.33 Å². The fraction of sp³-hybridized carbons (Fsp3) is 0.714. The molecule has 0 bridgehead atoms. The number of ether oxygens (including phenoxy) is 1. The molecule has 0 spiro atoms. The van der Waals surface area contributed by atoms with Crippen LogP contribution in [-0.2, 0) is 27.3 Å². The van der Waals surface area contributed by atoms with Crippen LogP contribution in [0.4, 0.5) is 0 Å². The Balaban J connectivity index is 1.57. The van der Waals surface area contributed by atoms with E-state index in [-0.39, 0.29) is 23.7 Å². The van der Waals surface area contributed by atoms with Crippen LogP contribution in [0, 0.1) is 11.8 Å². The molecule has 3 heterocycles. The Bertz CT molecular complexity index is 534. The summed E-state index contributed by atoms with van der Waals surface area (Å²) in [4.78, 5) is 30.1. The minimum atomic E-state index is -0.160. The first-order chi connectivity index (χ1) is 10.2. The maximum absolute atomic E-state index is 12.6. The van der Waals surface area contributed by atoms with Crippen LogP contribution in [0.15, 0.2) is 6.33 Å². The second-order valence-electron chi connectivity index (χ2n) is 5.72. The first kappa shape index (κ1) is 14.0. The average molecular weight is 292 g/mol. The molecule has 1 fully saturated rings. The predicted molar refractivity (Wildman–Crippen MR) is 73.2 cm³/mol. The minimum absolute atomic E-state index is 0.0196. The highest BCUT2D eigenvalue weighted by atomic mass is 16.5. The van der Waals surface area contributed by atoms with Crippen molar-refractivity contribution in [2.24, 2.45) is 11.8 Å². The van der Waals surface area contributed by atoms with Gasteiger partial charge in [0.25, 0.3) is 0 Å². The number of amides is 1. The first-order valence-electron chi connectivity index (χ1n) is 7.42. The van der Waals surface area contributed by atoms with E-state index in [0.717, 1.165) is 18.7 Å². The van der Waals surface area contributed by atoms with Crippen molar-refractivity contribution >= 4 is 11.9 Å². The van der Waals surface area contributed by atoms with Crippen molar-refractivity contribution in [1.82, 2.24) is 19.7 Å². The van der Waals surface area contributed by atoms with Crippen molar-refractivity contribution in [2.75, 3.05) is 20.2 Å².